The van der Waals surface area contributed by atoms with Crippen molar-refractivity contribution in [3.63, 3.8) is 0 Å². The van der Waals surface area contributed by atoms with Crippen molar-refractivity contribution in [3.8, 4) is 0 Å². The van der Waals surface area contributed by atoms with Gasteiger partial charge in [0.15, 0.2) is 0 Å². The topological polar surface area (TPSA) is 46.6 Å². The van der Waals surface area contributed by atoms with Crippen molar-refractivity contribution < 1.29 is 13.2 Å². The molecular weight excluding hydrogens is 286 g/mol. The van der Waals surface area contributed by atoms with E-state index in [1.165, 1.54) is 4.31 Å². The second-order valence-electron chi connectivity index (χ2n) is 4.16. The molecule has 1 rings (SSSR count). The fourth-order valence-corrected chi connectivity index (χ4v) is 3.86. The van der Waals surface area contributed by atoms with Crippen molar-refractivity contribution in [1.29, 1.82) is 0 Å². The minimum absolute atomic E-state index is 0.305. The Morgan fingerprint density at radius 2 is 2.05 bits per heavy atom. The second-order valence-corrected chi connectivity index (χ2v) is 6.34. The van der Waals surface area contributed by atoms with Gasteiger partial charge in [0.2, 0.25) is 10.0 Å². The standard InChI is InChI=1S/C13H20ClNO3S/c1-4-15(8-9-18-3)19(16,17)13-7-5-6-12(10-14)11(13)2/h5-7H,4,8-10H2,1-3H3. The summed E-state index contributed by atoms with van der Waals surface area (Å²) >= 11 is 5.82. The third kappa shape index (κ3) is 3.69. The molecule has 19 heavy (non-hydrogen) atoms. The lowest BCUT2D eigenvalue weighted by Gasteiger charge is -2.21. The summed E-state index contributed by atoms with van der Waals surface area (Å²) < 4.78 is 31.5. The second kappa shape index (κ2) is 7.24. The van der Waals surface area contributed by atoms with Crippen molar-refractivity contribution >= 4 is 21.6 Å². The molecule has 0 unspecified atom stereocenters. The first-order valence-electron chi connectivity index (χ1n) is 6.12. The predicted octanol–water partition coefficient (Wildman–Crippen LogP) is 2.39. The number of halogens is 1. The van der Waals surface area contributed by atoms with Gasteiger partial charge in [-0.15, -0.1) is 11.6 Å². The number of hydrogen-bond donors (Lipinski definition) is 0. The van der Waals surface area contributed by atoms with Crippen molar-refractivity contribution in [1.82, 2.24) is 4.31 Å². The molecule has 6 heteroatoms. The molecule has 0 bridgehead atoms. The summed E-state index contributed by atoms with van der Waals surface area (Å²) in [5, 5.41) is 0. The number of nitrogens with zero attached hydrogens (tertiary/aromatic N) is 1. The van der Waals surface area contributed by atoms with Crippen molar-refractivity contribution in [3.05, 3.63) is 29.3 Å². The molecule has 0 atom stereocenters. The Kier molecular flexibility index (Phi) is 6.26. The maximum Gasteiger partial charge on any atom is 0.243 e. The Balaban J connectivity index is 3.18. The van der Waals surface area contributed by atoms with Crippen LogP contribution < -0.4 is 0 Å². The minimum Gasteiger partial charge on any atom is -0.383 e. The van der Waals surface area contributed by atoms with Gasteiger partial charge in [-0.25, -0.2) is 8.42 Å². The summed E-state index contributed by atoms with van der Waals surface area (Å²) in [4.78, 5) is 0.323. The van der Waals surface area contributed by atoms with Crippen LogP contribution in [0.2, 0.25) is 0 Å². The van der Waals surface area contributed by atoms with Gasteiger partial charge in [-0.1, -0.05) is 19.1 Å². The van der Waals surface area contributed by atoms with Gasteiger partial charge in [0.25, 0.3) is 0 Å². The fourth-order valence-electron chi connectivity index (χ4n) is 1.86. The molecule has 0 saturated heterocycles. The van der Waals surface area contributed by atoms with E-state index in [0.717, 1.165) is 5.56 Å². The van der Waals surface area contributed by atoms with E-state index in [1.54, 1.807) is 26.2 Å². The van der Waals surface area contributed by atoms with Crippen LogP contribution in [-0.2, 0) is 20.6 Å². The highest BCUT2D eigenvalue weighted by atomic mass is 35.5. The Morgan fingerprint density at radius 3 is 2.58 bits per heavy atom. The number of methoxy groups -OCH3 is 1. The first kappa shape index (κ1) is 16.4. The van der Waals surface area contributed by atoms with Crippen LogP contribution in [0.3, 0.4) is 0 Å². The van der Waals surface area contributed by atoms with E-state index in [-0.39, 0.29) is 0 Å². The number of ether oxygens (including phenoxy) is 1. The molecule has 0 aliphatic rings. The smallest absolute Gasteiger partial charge is 0.243 e. The summed E-state index contributed by atoms with van der Waals surface area (Å²) in [6, 6.07) is 5.19. The van der Waals surface area contributed by atoms with E-state index in [2.05, 4.69) is 0 Å². The molecule has 0 radical (unpaired) electrons. The third-order valence-corrected chi connectivity index (χ3v) is 5.46. The molecule has 0 spiro atoms. The van der Waals surface area contributed by atoms with Crippen LogP contribution in [-0.4, -0.2) is 39.5 Å². The van der Waals surface area contributed by atoms with Gasteiger partial charge in [0.05, 0.1) is 11.5 Å². The predicted molar refractivity (Wildman–Crippen MR) is 77.0 cm³/mol. The highest BCUT2D eigenvalue weighted by Crippen LogP contribution is 2.23. The van der Waals surface area contributed by atoms with Crippen LogP contribution in [0, 0.1) is 6.92 Å². The number of alkyl halides is 1. The van der Waals surface area contributed by atoms with Gasteiger partial charge >= 0.3 is 0 Å². The Morgan fingerprint density at radius 1 is 1.37 bits per heavy atom. The molecule has 0 aromatic heterocycles. The summed E-state index contributed by atoms with van der Waals surface area (Å²) in [6.45, 7) is 4.74. The summed E-state index contributed by atoms with van der Waals surface area (Å²) in [6.07, 6.45) is 0. The first-order chi connectivity index (χ1) is 8.98. The molecule has 0 fully saturated rings. The number of sulfonamides is 1. The molecule has 1 aromatic rings. The van der Waals surface area contributed by atoms with Crippen LogP contribution in [0.25, 0.3) is 0 Å². The zero-order valence-electron chi connectivity index (χ0n) is 11.5. The molecule has 0 heterocycles. The minimum atomic E-state index is -3.49. The molecular formula is C13H20ClNO3S. The van der Waals surface area contributed by atoms with Crippen molar-refractivity contribution in [2.45, 2.75) is 24.6 Å². The Labute approximate surface area is 120 Å². The van der Waals surface area contributed by atoms with Gasteiger partial charge in [-0.3, -0.25) is 0 Å². The van der Waals surface area contributed by atoms with E-state index in [1.807, 2.05) is 13.0 Å². The van der Waals surface area contributed by atoms with Gasteiger partial charge < -0.3 is 4.74 Å². The maximum atomic E-state index is 12.6. The average Bonchev–Trinajstić information content (AvgIpc) is 2.39. The van der Waals surface area contributed by atoms with Crippen LogP contribution >= 0.6 is 11.6 Å². The molecule has 0 aliphatic carbocycles. The normalized spacial score (nSPS) is 12.1. The van der Waals surface area contributed by atoms with E-state index in [9.17, 15) is 8.42 Å². The number of likely N-dealkylation sites (N-methyl/N-ethyl adjacent to an activating group) is 1. The Bertz CT molecular complexity index is 517. The maximum absolute atomic E-state index is 12.6. The third-order valence-electron chi connectivity index (χ3n) is 3.06. The molecule has 0 N–H and O–H groups in total. The molecule has 4 nitrogen and oxygen atoms in total. The SMILES string of the molecule is CCN(CCOC)S(=O)(=O)c1cccc(CCl)c1C. The van der Waals surface area contributed by atoms with Gasteiger partial charge in [-0.2, -0.15) is 4.31 Å². The monoisotopic (exact) mass is 305 g/mol. The van der Waals surface area contributed by atoms with E-state index >= 15 is 0 Å². The molecule has 108 valence electrons. The number of rotatable bonds is 7. The summed E-state index contributed by atoms with van der Waals surface area (Å²) in [7, 11) is -1.94. The lowest BCUT2D eigenvalue weighted by Crippen LogP contribution is -2.34. The van der Waals surface area contributed by atoms with Crippen LogP contribution in [0.5, 0.6) is 0 Å². The number of hydrogen-bond acceptors (Lipinski definition) is 3. The fraction of sp³-hybridized carbons (Fsp3) is 0.538. The van der Waals surface area contributed by atoms with Gasteiger partial charge in [0, 0.05) is 26.1 Å². The van der Waals surface area contributed by atoms with Gasteiger partial charge in [-0.05, 0) is 24.1 Å². The van der Waals surface area contributed by atoms with E-state index in [4.69, 9.17) is 16.3 Å². The van der Waals surface area contributed by atoms with Gasteiger partial charge in [0.1, 0.15) is 0 Å². The van der Waals surface area contributed by atoms with Crippen LogP contribution in [0.15, 0.2) is 23.1 Å². The van der Waals surface area contributed by atoms with Crippen molar-refractivity contribution in [2.24, 2.45) is 0 Å². The average molecular weight is 306 g/mol. The highest BCUT2D eigenvalue weighted by Gasteiger charge is 2.25. The molecule has 1 aromatic carbocycles. The Hall–Kier alpha value is -0.620. The zero-order chi connectivity index (χ0) is 14.5. The largest absolute Gasteiger partial charge is 0.383 e. The lowest BCUT2D eigenvalue weighted by atomic mass is 10.1. The first-order valence-corrected chi connectivity index (χ1v) is 8.10. The van der Waals surface area contributed by atoms with E-state index in [0.29, 0.717) is 36.0 Å². The van der Waals surface area contributed by atoms with Crippen LogP contribution in [0.1, 0.15) is 18.1 Å². The zero-order valence-corrected chi connectivity index (χ0v) is 13.1. The highest BCUT2D eigenvalue weighted by molar-refractivity contribution is 7.89. The number of benzene rings is 1. The van der Waals surface area contributed by atoms with Crippen molar-refractivity contribution in [2.75, 3.05) is 26.8 Å². The summed E-state index contributed by atoms with van der Waals surface area (Å²) in [5.74, 6) is 0.305. The quantitative estimate of drug-likeness (QED) is 0.727. The molecule has 0 amide bonds. The summed E-state index contributed by atoms with van der Waals surface area (Å²) in [5.41, 5.74) is 1.55. The van der Waals surface area contributed by atoms with E-state index < -0.39 is 10.0 Å². The lowest BCUT2D eigenvalue weighted by molar-refractivity contribution is 0.180. The molecule has 0 saturated carbocycles. The van der Waals surface area contributed by atoms with Crippen LogP contribution in [0.4, 0.5) is 0 Å². The molecule has 0 aliphatic heterocycles.